The first kappa shape index (κ1) is 15.3. The summed E-state index contributed by atoms with van der Waals surface area (Å²) in [4.78, 5) is 12.2. The van der Waals surface area contributed by atoms with Gasteiger partial charge in [0.05, 0.1) is 19.3 Å². The summed E-state index contributed by atoms with van der Waals surface area (Å²) in [6.07, 6.45) is 3.15. The first-order chi connectivity index (χ1) is 11.2. The number of aliphatic hydroxyl groups is 1. The number of rotatable bonds is 4. The molecule has 0 bridgehead atoms. The van der Waals surface area contributed by atoms with Crippen LogP contribution in [0.25, 0.3) is 6.08 Å². The van der Waals surface area contributed by atoms with Gasteiger partial charge in [-0.25, -0.2) is 0 Å². The highest BCUT2D eigenvalue weighted by atomic mass is 16.5. The van der Waals surface area contributed by atoms with E-state index in [0.717, 1.165) is 16.7 Å². The minimum Gasteiger partial charge on any atom is -0.496 e. The topological polar surface area (TPSA) is 58.6 Å². The van der Waals surface area contributed by atoms with Crippen molar-refractivity contribution < 1.29 is 14.6 Å². The van der Waals surface area contributed by atoms with Crippen molar-refractivity contribution in [2.75, 3.05) is 7.11 Å². The zero-order chi connectivity index (χ0) is 16.2. The molecule has 2 aromatic rings. The van der Waals surface area contributed by atoms with Crippen molar-refractivity contribution in [3.63, 3.8) is 0 Å². The minimum absolute atomic E-state index is 0.239. The number of nitrogens with one attached hydrogen (secondary N) is 1. The average Bonchev–Trinajstić information content (AvgIpc) is 2.89. The van der Waals surface area contributed by atoms with Crippen LogP contribution in [-0.2, 0) is 11.2 Å². The lowest BCUT2D eigenvalue weighted by Crippen LogP contribution is -2.32. The smallest absolute Gasteiger partial charge is 0.244 e. The lowest BCUT2D eigenvalue weighted by molar-refractivity contribution is -0.117. The van der Waals surface area contributed by atoms with Crippen LogP contribution in [0.3, 0.4) is 0 Å². The summed E-state index contributed by atoms with van der Waals surface area (Å²) in [5.41, 5.74) is 2.90. The Morgan fingerprint density at radius 1 is 1.22 bits per heavy atom. The number of carbonyl (C=O) groups is 1. The molecule has 0 fully saturated rings. The van der Waals surface area contributed by atoms with Crippen LogP contribution in [0, 0.1) is 0 Å². The van der Waals surface area contributed by atoms with Gasteiger partial charge in [0.2, 0.25) is 5.91 Å². The van der Waals surface area contributed by atoms with Gasteiger partial charge in [0.25, 0.3) is 0 Å². The standard InChI is InChI=1S/C19H19NO3/c1-23-17-9-5-3-6-13(17)10-11-18(22)20-19-15-8-4-2-7-14(15)12-16(19)21/h2-11,16,19,21H,12H2,1H3,(H,20,22)/b11-10+. The van der Waals surface area contributed by atoms with Gasteiger partial charge in [-0.15, -0.1) is 0 Å². The number of hydrogen-bond donors (Lipinski definition) is 2. The van der Waals surface area contributed by atoms with Gasteiger partial charge in [-0.2, -0.15) is 0 Å². The number of aliphatic hydroxyl groups excluding tert-OH is 1. The van der Waals surface area contributed by atoms with Gasteiger partial charge in [-0.1, -0.05) is 42.5 Å². The maximum Gasteiger partial charge on any atom is 0.244 e. The third-order valence-corrected chi connectivity index (χ3v) is 4.05. The van der Waals surface area contributed by atoms with Gasteiger partial charge < -0.3 is 15.2 Å². The summed E-state index contributed by atoms with van der Waals surface area (Å²) >= 11 is 0. The van der Waals surface area contributed by atoms with Crippen molar-refractivity contribution in [3.05, 3.63) is 71.3 Å². The number of amides is 1. The SMILES string of the molecule is COc1ccccc1/C=C/C(=O)NC1c2ccccc2CC1O. The van der Waals surface area contributed by atoms with Gasteiger partial charge in [0, 0.05) is 18.1 Å². The molecule has 23 heavy (non-hydrogen) atoms. The van der Waals surface area contributed by atoms with Crippen LogP contribution in [-0.4, -0.2) is 24.2 Å². The number of ether oxygens (including phenoxy) is 1. The van der Waals surface area contributed by atoms with Crippen LogP contribution in [0.4, 0.5) is 0 Å². The van der Waals surface area contributed by atoms with Gasteiger partial charge in [-0.3, -0.25) is 4.79 Å². The van der Waals surface area contributed by atoms with Crippen molar-refractivity contribution in [2.24, 2.45) is 0 Å². The molecule has 2 aromatic carbocycles. The number of fused-ring (bicyclic) bond motifs is 1. The van der Waals surface area contributed by atoms with E-state index in [1.165, 1.54) is 6.08 Å². The number of benzene rings is 2. The molecule has 1 amide bonds. The molecule has 4 nitrogen and oxygen atoms in total. The van der Waals surface area contributed by atoms with Crippen molar-refractivity contribution >= 4 is 12.0 Å². The Morgan fingerprint density at radius 3 is 2.78 bits per heavy atom. The fourth-order valence-corrected chi connectivity index (χ4v) is 2.92. The minimum atomic E-state index is -0.587. The van der Waals surface area contributed by atoms with Gasteiger partial charge >= 0.3 is 0 Å². The second-order valence-corrected chi connectivity index (χ2v) is 5.53. The van der Waals surface area contributed by atoms with Crippen LogP contribution in [0.5, 0.6) is 5.75 Å². The lowest BCUT2D eigenvalue weighted by atomic mass is 10.1. The van der Waals surface area contributed by atoms with Crippen LogP contribution < -0.4 is 10.1 Å². The fourth-order valence-electron chi connectivity index (χ4n) is 2.92. The second-order valence-electron chi connectivity index (χ2n) is 5.53. The Kier molecular flexibility index (Phi) is 4.44. The fraction of sp³-hybridized carbons (Fsp3) is 0.211. The molecule has 0 saturated carbocycles. The number of methoxy groups -OCH3 is 1. The number of hydrogen-bond acceptors (Lipinski definition) is 3. The van der Waals surface area contributed by atoms with E-state index in [2.05, 4.69) is 5.32 Å². The molecule has 0 spiro atoms. The van der Waals surface area contributed by atoms with E-state index in [1.807, 2.05) is 48.5 Å². The first-order valence-corrected chi connectivity index (χ1v) is 7.56. The van der Waals surface area contributed by atoms with Crippen molar-refractivity contribution in [1.82, 2.24) is 5.32 Å². The monoisotopic (exact) mass is 309 g/mol. The molecule has 0 aliphatic heterocycles. The van der Waals surface area contributed by atoms with E-state index >= 15 is 0 Å². The van der Waals surface area contributed by atoms with Crippen molar-refractivity contribution in [1.29, 1.82) is 0 Å². The summed E-state index contributed by atoms with van der Waals surface area (Å²) < 4.78 is 5.25. The number of carbonyl (C=O) groups excluding carboxylic acids is 1. The molecule has 0 saturated heterocycles. The molecule has 4 heteroatoms. The molecule has 3 rings (SSSR count). The van der Waals surface area contributed by atoms with Gasteiger partial charge in [-0.05, 0) is 23.3 Å². The molecule has 1 aliphatic carbocycles. The van der Waals surface area contributed by atoms with Gasteiger partial charge in [0.1, 0.15) is 5.75 Å². The summed E-state index contributed by atoms with van der Waals surface area (Å²) in [5.74, 6) is 0.472. The Balaban J connectivity index is 1.71. The molecule has 1 aliphatic rings. The maximum atomic E-state index is 12.2. The zero-order valence-corrected chi connectivity index (χ0v) is 12.9. The average molecular weight is 309 g/mol. The molecule has 2 unspecified atom stereocenters. The molecule has 2 atom stereocenters. The first-order valence-electron chi connectivity index (χ1n) is 7.56. The maximum absolute atomic E-state index is 12.2. The summed E-state index contributed by atoms with van der Waals surface area (Å²) in [6, 6.07) is 14.9. The largest absolute Gasteiger partial charge is 0.496 e. The molecular weight excluding hydrogens is 290 g/mol. The summed E-state index contributed by atoms with van der Waals surface area (Å²) in [6.45, 7) is 0. The van der Waals surface area contributed by atoms with Crippen LogP contribution in [0.15, 0.2) is 54.6 Å². The summed E-state index contributed by atoms with van der Waals surface area (Å²) in [7, 11) is 1.60. The molecule has 118 valence electrons. The molecule has 0 radical (unpaired) electrons. The third kappa shape index (κ3) is 3.27. The van der Waals surface area contributed by atoms with Crippen LogP contribution >= 0.6 is 0 Å². The van der Waals surface area contributed by atoms with E-state index < -0.39 is 6.10 Å². The van der Waals surface area contributed by atoms with E-state index in [4.69, 9.17) is 4.74 Å². The predicted molar refractivity (Wildman–Crippen MR) is 89.1 cm³/mol. The summed E-state index contributed by atoms with van der Waals surface area (Å²) in [5, 5.41) is 13.0. The lowest BCUT2D eigenvalue weighted by Gasteiger charge is -2.16. The van der Waals surface area contributed by atoms with Crippen molar-refractivity contribution in [3.8, 4) is 5.75 Å². The Labute approximate surface area is 135 Å². The van der Waals surface area contributed by atoms with E-state index in [9.17, 15) is 9.90 Å². The molecule has 0 heterocycles. The third-order valence-electron chi connectivity index (χ3n) is 4.05. The second kappa shape index (κ2) is 6.67. The van der Waals surface area contributed by atoms with Crippen molar-refractivity contribution in [2.45, 2.75) is 18.6 Å². The van der Waals surface area contributed by atoms with Gasteiger partial charge in [0.15, 0.2) is 0 Å². The van der Waals surface area contributed by atoms with Crippen LogP contribution in [0.2, 0.25) is 0 Å². The molecule has 2 N–H and O–H groups in total. The molecular formula is C19H19NO3. The zero-order valence-electron chi connectivity index (χ0n) is 12.9. The normalized spacial score (nSPS) is 19.6. The number of para-hydroxylation sites is 1. The van der Waals surface area contributed by atoms with Crippen LogP contribution in [0.1, 0.15) is 22.7 Å². The highest BCUT2D eigenvalue weighted by Crippen LogP contribution is 2.31. The Bertz CT molecular complexity index is 739. The predicted octanol–water partition coefficient (Wildman–Crippen LogP) is 2.48. The Hall–Kier alpha value is -2.59. The van der Waals surface area contributed by atoms with E-state index in [-0.39, 0.29) is 11.9 Å². The highest BCUT2D eigenvalue weighted by molar-refractivity contribution is 5.92. The Morgan fingerprint density at radius 2 is 1.96 bits per heavy atom. The van der Waals surface area contributed by atoms with E-state index in [1.54, 1.807) is 13.2 Å². The van der Waals surface area contributed by atoms with E-state index in [0.29, 0.717) is 12.2 Å². The quantitative estimate of drug-likeness (QED) is 0.853. The molecule has 0 aromatic heterocycles. The highest BCUT2D eigenvalue weighted by Gasteiger charge is 2.31.